The normalized spacial score (nSPS) is 12.6. The predicted octanol–water partition coefficient (Wildman–Crippen LogP) is 3.36. The van der Waals surface area contributed by atoms with Gasteiger partial charge in [0.1, 0.15) is 11.5 Å². The fourth-order valence-corrected chi connectivity index (χ4v) is 4.67. The van der Waals surface area contributed by atoms with Crippen molar-refractivity contribution in [2.24, 2.45) is 0 Å². The topological polar surface area (TPSA) is 119 Å². The molecule has 0 fully saturated rings. The number of aromatic nitrogens is 1. The van der Waals surface area contributed by atoms with Crippen LogP contribution in [0.3, 0.4) is 0 Å². The number of aryl methyl sites for hydroxylation is 1. The Bertz CT molecular complexity index is 1730. The van der Waals surface area contributed by atoms with Crippen molar-refractivity contribution >= 4 is 29.2 Å². The van der Waals surface area contributed by atoms with Gasteiger partial charge in [-0.2, -0.15) is 0 Å². The Morgan fingerprint density at radius 3 is 2.55 bits per heavy atom. The summed E-state index contributed by atoms with van der Waals surface area (Å²) < 4.78 is 36.0. The first kappa shape index (κ1) is 28.4. The summed E-state index contributed by atoms with van der Waals surface area (Å²) in [5.74, 6) is -1.61. The number of esters is 1. The summed E-state index contributed by atoms with van der Waals surface area (Å²) in [6.07, 6.45) is 7.19. The summed E-state index contributed by atoms with van der Waals surface area (Å²) in [6, 6.07) is 18.6. The number of carbonyl (C=O) groups is 2. The number of carbonyl (C=O) groups excluding carboxylic acids is 2. The molecular weight excluding hydrogens is 565 g/mol. The number of benzene rings is 2. The minimum Gasteiger partial charge on any atom is -0.872 e. The molecule has 0 saturated heterocycles. The molecule has 0 saturated carbocycles. The van der Waals surface area contributed by atoms with Crippen LogP contribution in [0.5, 0.6) is 16.7 Å². The van der Waals surface area contributed by atoms with Crippen LogP contribution in [0.15, 0.2) is 93.8 Å². The molecule has 0 N–H and O–H groups in total. The van der Waals surface area contributed by atoms with Gasteiger partial charge in [0.25, 0.3) is 5.19 Å². The molecule has 210 valence electrons. The van der Waals surface area contributed by atoms with Gasteiger partial charge < -0.3 is 19.0 Å². The van der Waals surface area contributed by atoms with Crippen molar-refractivity contribution in [1.82, 2.24) is 4.98 Å². The van der Waals surface area contributed by atoms with E-state index in [9.17, 15) is 19.5 Å². The van der Waals surface area contributed by atoms with E-state index in [1.165, 1.54) is 36.6 Å². The van der Waals surface area contributed by atoms with Crippen LogP contribution in [0.2, 0.25) is 0 Å². The van der Waals surface area contributed by atoms with E-state index in [1.54, 1.807) is 6.08 Å². The van der Waals surface area contributed by atoms with Gasteiger partial charge in [-0.15, -0.1) is 0 Å². The predicted molar refractivity (Wildman–Crippen MR) is 155 cm³/mol. The van der Waals surface area contributed by atoms with Crippen molar-refractivity contribution < 1.29 is 62.3 Å². The van der Waals surface area contributed by atoms with Crippen LogP contribution in [0.25, 0.3) is 17.2 Å². The number of ether oxygens (including phenoxy) is 2. The second-order valence-corrected chi connectivity index (χ2v) is 9.98. The standard InChI is InChI=1S/C32H29NO7S.Na/c1-21(30(36)29-27(34)19-25(39-31(29)37)12-8-3-4-9-13-28(35)38-2)18-26-20-33-32(41-26)40-24-16-14-23(15-17-24)22-10-6-5-7-11-22;/h4-7,9-11,14-20,34H,3,8,12-13H2,1-2H3;/q;+1/p-1/b9-4+,21-18+;/i2D3;. The molecule has 8 nitrogen and oxygen atoms in total. The van der Waals surface area contributed by atoms with E-state index in [1.807, 2.05) is 54.6 Å². The van der Waals surface area contributed by atoms with Crippen molar-refractivity contribution in [3.63, 3.8) is 0 Å². The first-order valence-corrected chi connectivity index (χ1v) is 13.5. The van der Waals surface area contributed by atoms with Crippen LogP contribution < -0.4 is 45.0 Å². The molecule has 0 atom stereocenters. The van der Waals surface area contributed by atoms with Gasteiger partial charge in [0.05, 0.1) is 28.0 Å². The zero-order valence-corrected chi connectivity index (χ0v) is 25.9. The monoisotopic (exact) mass is 596 g/mol. The Labute approximate surface area is 273 Å². The molecule has 2 heterocycles. The quantitative estimate of drug-likeness (QED) is 0.0610. The van der Waals surface area contributed by atoms with E-state index in [0.29, 0.717) is 28.7 Å². The van der Waals surface area contributed by atoms with E-state index < -0.39 is 35.7 Å². The van der Waals surface area contributed by atoms with Gasteiger partial charge in [-0.05, 0) is 60.7 Å². The minimum absolute atomic E-state index is 0. The Hall–Kier alpha value is -3.76. The average Bonchev–Trinajstić information content (AvgIpc) is 3.40. The number of thiazole rings is 1. The number of hydrogen-bond donors (Lipinski definition) is 0. The third kappa shape index (κ3) is 9.12. The van der Waals surface area contributed by atoms with Gasteiger partial charge in [-0.3, -0.25) is 9.59 Å². The smallest absolute Gasteiger partial charge is 0.872 e. The van der Waals surface area contributed by atoms with Crippen molar-refractivity contribution in [3.05, 3.63) is 111 Å². The number of allylic oxidation sites excluding steroid dienone is 2. The van der Waals surface area contributed by atoms with E-state index in [-0.39, 0.29) is 53.7 Å². The molecule has 0 radical (unpaired) electrons. The first-order valence-electron chi connectivity index (χ1n) is 14.2. The van der Waals surface area contributed by atoms with Crippen molar-refractivity contribution in [3.8, 4) is 27.8 Å². The Morgan fingerprint density at radius 1 is 1.10 bits per heavy atom. The number of nitrogens with zero attached hydrogens (tertiary/aromatic N) is 1. The molecule has 2 aromatic carbocycles. The summed E-state index contributed by atoms with van der Waals surface area (Å²) in [7, 11) is -2.78. The van der Waals surface area contributed by atoms with Gasteiger partial charge in [0.15, 0.2) is 5.78 Å². The van der Waals surface area contributed by atoms with E-state index in [2.05, 4.69) is 9.72 Å². The molecule has 4 rings (SSSR count). The summed E-state index contributed by atoms with van der Waals surface area (Å²) >= 11 is 1.20. The summed E-state index contributed by atoms with van der Waals surface area (Å²) in [4.78, 5) is 41.7. The maximum Gasteiger partial charge on any atom is 1.00 e. The SMILES string of the molecule is [2H]C([2H])([2H])OC(=O)C/C=C/CCCc1cc([O-])c(C(=O)/C(C)=C/c2cnc(Oc3ccc(-c4ccccc4)cc3)s2)c(=O)o1.[Na+]. The maximum absolute atomic E-state index is 13.0. The number of unbranched alkanes of at least 4 members (excludes halogenated alkanes) is 1. The molecule has 2 aromatic heterocycles. The molecule has 10 heteroatoms. The molecule has 0 aliphatic carbocycles. The molecule has 0 spiro atoms. The van der Waals surface area contributed by atoms with E-state index in [4.69, 9.17) is 13.3 Å². The second-order valence-electron chi connectivity index (χ2n) is 8.96. The van der Waals surface area contributed by atoms with E-state index >= 15 is 0 Å². The van der Waals surface area contributed by atoms with Crippen LogP contribution in [0.1, 0.15) is 51.3 Å². The number of ketones is 1. The van der Waals surface area contributed by atoms with Crippen LogP contribution in [0, 0.1) is 0 Å². The largest absolute Gasteiger partial charge is 1.00 e. The van der Waals surface area contributed by atoms with Crippen molar-refractivity contribution in [2.45, 2.75) is 32.6 Å². The summed E-state index contributed by atoms with van der Waals surface area (Å²) in [5.41, 5.74) is 0.711. The summed E-state index contributed by atoms with van der Waals surface area (Å²) in [6.45, 7) is 1.50. The molecule has 4 aromatic rings. The number of methoxy groups -OCH3 is 1. The van der Waals surface area contributed by atoms with Gasteiger partial charge in [0, 0.05) is 12.6 Å². The maximum atomic E-state index is 13.0. The molecule has 0 amide bonds. The van der Waals surface area contributed by atoms with E-state index in [0.717, 1.165) is 17.2 Å². The van der Waals surface area contributed by atoms with Crippen LogP contribution >= 0.6 is 11.3 Å². The number of rotatable bonds is 12. The van der Waals surface area contributed by atoms with Crippen LogP contribution in [-0.4, -0.2) is 23.8 Å². The van der Waals surface area contributed by atoms with Crippen LogP contribution in [-0.2, 0) is 16.0 Å². The average molecular weight is 597 g/mol. The molecule has 42 heavy (non-hydrogen) atoms. The zero-order chi connectivity index (χ0) is 31.7. The molecular formula is C32H28NNaO7S. The van der Waals surface area contributed by atoms with Gasteiger partial charge in [-0.1, -0.05) is 71.7 Å². The fraction of sp³-hybridized carbons (Fsp3) is 0.188. The minimum atomic E-state index is -2.78. The zero-order valence-electron chi connectivity index (χ0n) is 26.1. The van der Waals surface area contributed by atoms with Gasteiger partial charge in [-0.25, -0.2) is 9.78 Å². The van der Waals surface area contributed by atoms with Crippen molar-refractivity contribution in [2.75, 3.05) is 7.04 Å². The number of hydrogen-bond acceptors (Lipinski definition) is 9. The van der Waals surface area contributed by atoms with Crippen LogP contribution in [0.4, 0.5) is 0 Å². The molecule has 0 aliphatic heterocycles. The number of Topliss-reactive ketones (excluding diaryl/α,β-unsaturated/α-hetero) is 1. The third-order valence-corrected chi connectivity index (χ3v) is 6.76. The Kier molecular flexibility index (Phi) is 10.8. The summed E-state index contributed by atoms with van der Waals surface area (Å²) in [5, 5.41) is 13.0. The van der Waals surface area contributed by atoms with Gasteiger partial charge in [0.2, 0.25) is 0 Å². The Balaban J connectivity index is 0.00000552. The molecule has 0 unspecified atom stereocenters. The first-order chi connectivity index (χ1) is 21.0. The third-order valence-electron chi connectivity index (χ3n) is 5.94. The van der Waals surface area contributed by atoms with Crippen molar-refractivity contribution in [1.29, 1.82) is 0 Å². The molecule has 0 bridgehead atoms. The molecule has 0 aliphatic rings. The fourth-order valence-electron chi connectivity index (χ4n) is 3.89. The Morgan fingerprint density at radius 2 is 1.83 bits per heavy atom. The second kappa shape index (κ2) is 16.0. The van der Waals surface area contributed by atoms with Gasteiger partial charge >= 0.3 is 41.2 Å².